The summed E-state index contributed by atoms with van der Waals surface area (Å²) in [6.07, 6.45) is 5.07. The van der Waals surface area contributed by atoms with Gasteiger partial charge in [0.2, 0.25) is 5.91 Å². The SMILES string of the molecule is COC(=O)c1cccc(N)c1N.COC(=O)c1cccc(NC(=O)C2(C)CCCC2)c1N.C[C@]12CCCN1C(=O)OC2=O. The van der Waals surface area contributed by atoms with Crippen LogP contribution >= 0.6 is 0 Å². The summed E-state index contributed by atoms with van der Waals surface area (Å²) in [5, 5.41) is 2.84. The molecule has 5 rings (SSSR count). The molecule has 0 unspecified atom stereocenters. The molecular formula is C30H39N5O8. The van der Waals surface area contributed by atoms with E-state index in [1.165, 1.54) is 19.1 Å². The van der Waals surface area contributed by atoms with Crippen LogP contribution in [0.5, 0.6) is 0 Å². The second-order valence-electron chi connectivity index (χ2n) is 11.0. The van der Waals surface area contributed by atoms with Crippen molar-refractivity contribution in [3.63, 3.8) is 0 Å². The number of para-hydroxylation sites is 2. The zero-order valence-electron chi connectivity index (χ0n) is 24.9. The summed E-state index contributed by atoms with van der Waals surface area (Å²) in [7, 11) is 2.59. The Labute approximate surface area is 250 Å². The van der Waals surface area contributed by atoms with E-state index in [0.717, 1.165) is 38.5 Å². The number of benzene rings is 2. The summed E-state index contributed by atoms with van der Waals surface area (Å²) < 4.78 is 13.6. The van der Waals surface area contributed by atoms with E-state index in [1.54, 1.807) is 43.3 Å². The van der Waals surface area contributed by atoms with Crippen LogP contribution in [-0.4, -0.2) is 61.1 Å². The molecule has 43 heavy (non-hydrogen) atoms. The molecular weight excluding hydrogens is 558 g/mol. The van der Waals surface area contributed by atoms with Gasteiger partial charge in [0, 0.05) is 12.0 Å². The number of esters is 3. The maximum atomic E-state index is 12.4. The molecule has 0 spiro atoms. The molecule has 2 amide bonds. The number of hydrogen-bond donors (Lipinski definition) is 4. The van der Waals surface area contributed by atoms with E-state index in [9.17, 15) is 24.0 Å². The van der Waals surface area contributed by atoms with Gasteiger partial charge in [0.25, 0.3) is 0 Å². The summed E-state index contributed by atoms with van der Waals surface area (Å²) in [5.74, 6) is -1.41. The summed E-state index contributed by atoms with van der Waals surface area (Å²) in [6, 6.07) is 9.79. The fraction of sp³-hybridized carbons (Fsp3) is 0.433. The Hall–Kier alpha value is -4.81. The van der Waals surface area contributed by atoms with E-state index in [4.69, 9.17) is 17.2 Å². The lowest BCUT2D eigenvalue weighted by Crippen LogP contribution is -2.41. The standard InChI is InChI=1S/C15H20N2O3.C8H10N2O2.C7H9NO3/c1-15(8-3-4-9-15)14(19)17-11-7-5-6-10(12(11)16)13(18)20-2;1-12-8(11)5-3-2-4-6(9)7(5)10;1-7-3-2-4-8(7)6(10)11-5(7)9/h5-7H,3-4,8-9,16H2,1-2H3,(H,17,19);2-4H,9-10H2,1H3;2-4H2,1H3/t;;7-/m..1/s1. The first-order valence-corrected chi connectivity index (χ1v) is 13.8. The Balaban J connectivity index is 0.000000188. The largest absolute Gasteiger partial charge is 0.465 e. The minimum atomic E-state index is -0.642. The highest BCUT2D eigenvalue weighted by Gasteiger charge is 2.54. The van der Waals surface area contributed by atoms with Gasteiger partial charge in [-0.1, -0.05) is 31.9 Å². The maximum absolute atomic E-state index is 12.4. The van der Waals surface area contributed by atoms with Crippen molar-refractivity contribution in [1.29, 1.82) is 0 Å². The van der Waals surface area contributed by atoms with Crippen molar-refractivity contribution >= 4 is 52.7 Å². The number of nitrogens with one attached hydrogen (secondary N) is 1. The number of rotatable bonds is 4. The lowest BCUT2D eigenvalue weighted by Gasteiger charge is -2.23. The Bertz CT molecular complexity index is 1400. The van der Waals surface area contributed by atoms with Crippen LogP contribution in [0.2, 0.25) is 0 Å². The maximum Gasteiger partial charge on any atom is 0.418 e. The first kappa shape index (κ1) is 32.7. The molecule has 2 heterocycles. The average molecular weight is 598 g/mol. The number of nitrogens with two attached hydrogens (primary N) is 3. The molecule has 3 fully saturated rings. The average Bonchev–Trinajstić information content (AvgIpc) is 3.67. The molecule has 0 bridgehead atoms. The predicted molar refractivity (Wildman–Crippen MR) is 160 cm³/mol. The summed E-state index contributed by atoms with van der Waals surface area (Å²) in [5.41, 5.74) is 17.9. The van der Waals surface area contributed by atoms with Crippen molar-refractivity contribution in [3.05, 3.63) is 47.5 Å². The third-order valence-electron chi connectivity index (χ3n) is 8.04. The van der Waals surface area contributed by atoms with Crippen molar-refractivity contribution in [2.75, 3.05) is 43.3 Å². The predicted octanol–water partition coefficient (Wildman–Crippen LogP) is 3.73. The van der Waals surface area contributed by atoms with Gasteiger partial charge >= 0.3 is 24.0 Å². The van der Waals surface area contributed by atoms with E-state index in [-0.39, 0.29) is 34.2 Å². The number of fused-ring (bicyclic) bond motifs is 1. The van der Waals surface area contributed by atoms with Gasteiger partial charge < -0.3 is 36.7 Å². The fourth-order valence-electron chi connectivity index (χ4n) is 5.20. The summed E-state index contributed by atoms with van der Waals surface area (Å²) in [4.78, 5) is 58.5. The van der Waals surface area contributed by atoms with Crippen molar-refractivity contribution < 1.29 is 38.2 Å². The minimum absolute atomic E-state index is 0.0382. The van der Waals surface area contributed by atoms with Gasteiger partial charge in [-0.25, -0.2) is 19.2 Å². The first-order chi connectivity index (χ1) is 20.3. The van der Waals surface area contributed by atoms with Crippen LogP contribution in [0, 0.1) is 5.41 Å². The van der Waals surface area contributed by atoms with Gasteiger partial charge in [-0.2, -0.15) is 0 Å². The number of carbonyl (C=O) groups is 5. The third-order valence-corrected chi connectivity index (χ3v) is 8.04. The Morgan fingerprint density at radius 2 is 1.40 bits per heavy atom. The lowest BCUT2D eigenvalue weighted by molar-refractivity contribution is -0.139. The number of anilines is 4. The van der Waals surface area contributed by atoms with Crippen molar-refractivity contribution in [1.82, 2.24) is 4.90 Å². The molecule has 232 valence electrons. The second kappa shape index (κ2) is 13.4. The Kier molecular flexibility index (Phi) is 10.2. The van der Waals surface area contributed by atoms with Crippen LogP contribution in [0.4, 0.5) is 27.5 Å². The molecule has 0 radical (unpaired) electrons. The van der Waals surface area contributed by atoms with E-state index in [1.807, 2.05) is 6.92 Å². The van der Waals surface area contributed by atoms with Crippen LogP contribution in [0.3, 0.4) is 0 Å². The summed E-state index contributed by atoms with van der Waals surface area (Å²) in [6.45, 7) is 4.38. The zero-order valence-corrected chi connectivity index (χ0v) is 24.9. The fourth-order valence-corrected chi connectivity index (χ4v) is 5.20. The van der Waals surface area contributed by atoms with Crippen molar-refractivity contribution in [3.8, 4) is 0 Å². The Morgan fingerprint density at radius 3 is 1.95 bits per heavy atom. The number of carbonyl (C=O) groups excluding carboxylic acids is 5. The number of hydrogen-bond acceptors (Lipinski definition) is 11. The topological polar surface area (TPSA) is 206 Å². The van der Waals surface area contributed by atoms with E-state index in [2.05, 4.69) is 19.5 Å². The van der Waals surface area contributed by atoms with Gasteiger partial charge in [-0.05, 0) is 56.9 Å². The van der Waals surface area contributed by atoms with Gasteiger partial charge in [-0.3, -0.25) is 9.69 Å². The highest BCUT2D eigenvalue weighted by atomic mass is 16.6. The smallest absolute Gasteiger partial charge is 0.418 e. The normalized spacial score (nSPS) is 19.6. The number of nitrogens with zero attached hydrogens (tertiary/aromatic N) is 1. The molecule has 3 aliphatic rings. The number of amides is 2. The van der Waals surface area contributed by atoms with Crippen LogP contribution < -0.4 is 22.5 Å². The van der Waals surface area contributed by atoms with Gasteiger partial charge in [-0.15, -0.1) is 0 Å². The second-order valence-corrected chi connectivity index (χ2v) is 11.0. The molecule has 2 saturated heterocycles. The molecule has 13 heteroatoms. The van der Waals surface area contributed by atoms with Crippen molar-refractivity contribution in [2.45, 2.75) is 57.9 Å². The van der Waals surface area contributed by atoms with Gasteiger partial charge in [0.1, 0.15) is 5.54 Å². The van der Waals surface area contributed by atoms with E-state index < -0.39 is 23.6 Å². The summed E-state index contributed by atoms with van der Waals surface area (Å²) >= 11 is 0. The number of cyclic esters (lactones) is 2. The quantitative estimate of drug-likeness (QED) is 0.173. The third kappa shape index (κ3) is 6.99. The molecule has 2 aliphatic heterocycles. The number of methoxy groups -OCH3 is 2. The first-order valence-electron chi connectivity index (χ1n) is 13.8. The zero-order chi connectivity index (χ0) is 31.9. The monoisotopic (exact) mass is 597 g/mol. The number of nitrogen functional groups attached to an aromatic ring is 3. The van der Waals surface area contributed by atoms with E-state index in [0.29, 0.717) is 23.5 Å². The minimum Gasteiger partial charge on any atom is -0.465 e. The van der Waals surface area contributed by atoms with Crippen LogP contribution in [-0.2, 0) is 23.8 Å². The number of ether oxygens (including phenoxy) is 3. The highest BCUT2D eigenvalue weighted by Crippen LogP contribution is 2.39. The van der Waals surface area contributed by atoms with Crippen molar-refractivity contribution in [2.24, 2.45) is 5.41 Å². The molecule has 1 saturated carbocycles. The van der Waals surface area contributed by atoms with Crippen LogP contribution in [0.25, 0.3) is 0 Å². The molecule has 2 aromatic carbocycles. The van der Waals surface area contributed by atoms with Crippen LogP contribution in [0.1, 0.15) is 73.1 Å². The van der Waals surface area contributed by atoms with Crippen LogP contribution in [0.15, 0.2) is 36.4 Å². The molecule has 1 aliphatic carbocycles. The molecule has 13 nitrogen and oxygen atoms in total. The molecule has 0 aromatic heterocycles. The molecule has 7 N–H and O–H groups in total. The molecule has 1 atom stereocenters. The Morgan fingerprint density at radius 1 is 0.837 bits per heavy atom. The lowest BCUT2D eigenvalue weighted by atomic mass is 9.87. The highest BCUT2D eigenvalue weighted by molar-refractivity contribution is 6.03. The van der Waals surface area contributed by atoms with E-state index >= 15 is 0 Å². The van der Waals surface area contributed by atoms with Gasteiger partial charge in [0.05, 0.1) is 48.1 Å². The van der Waals surface area contributed by atoms with Gasteiger partial charge in [0.15, 0.2) is 0 Å². The molecule has 2 aromatic rings.